The number of hydrogen-bond acceptors (Lipinski definition) is 3. The number of benzene rings is 1. The fourth-order valence-corrected chi connectivity index (χ4v) is 2.38. The molecule has 1 aliphatic heterocycles. The van der Waals surface area contributed by atoms with E-state index in [0.717, 1.165) is 31.5 Å². The van der Waals surface area contributed by atoms with Gasteiger partial charge in [0.25, 0.3) is 0 Å². The topological polar surface area (TPSA) is 64.6 Å². The third-order valence-corrected chi connectivity index (χ3v) is 3.68. The molecule has 1 fully saturated rings. The monoisotopic (exact) mass is 277 g/mol. The van der Waals surface area contributed by atoms with E-state index in [0.29, 0.717) is 5.69 Å². The van der Waals surface area contributed by atoms with Crippen LogP contribution in [0, 0.1) is 0 Å². The molecule has 1 aromatic carbocycles. The maximum Gasteiger partial charge on any atom is 0.319 e. The minimum Gasteiger partial charge on any atom is -0.389 e. The van der Waals surface area contributed by atoms with Crippen LogP contribution in [0.2, 0.25) is 0 Å². The quantitative estimate of drug-likeness (QED) is 0.791. The summed E-state index contributed by atoms with van der Waals surface area (Å²) in [7, 11) is 2.10. The van der Waals surface area contributed by atoms with E-state index in [1.54, 1.807) is 13.0 Å². The standard InChI is InChI=1S/C15H23N3O2/c1-11(19)12-4-3-5-14(10-12)17-15(20)16-13-6-8-18(2)9-7-13/h3-5,10-11,13,19H,6-9H2,1-2H3,(H2,16,17,20). The van der Waals surface area contributed by atoms with E-state index in [2.05, 4.69) is 22.6 Å². The van der Waals surface area contributed by atoms with E-state index in [1.165, 1.54) is 0 Å². The number of carbonyl (C=O) groups is 1. The molecule has 1 atom stereocenters. The fourth-order valence-electron chi connectivity index (χ4n) is 2.38. The second kappa shape index (κ2) is 6.72. The van der Waals surface area contributed by atoms with Crippen molar-refractivity contribution in [2.24, 2.45) is 0 Å². The van der Waals surface area contributed by atoms with Gasteiger partial charge in [0.1, 0.15) is 0 Å². The zero-order valence-corrected chi connectivity index (χ0v) is 12.1. The predicted molar refractivity (Wildman–Crippen MR) is 79.7 cm³/mol. The molecule has 2 rings (SSSR count). The van der Waals surface area contributed by atoms with Gasteiger partial charge in [0.2, 0.25) is 0 Å². The molecule has 0 spiro atoms. The first-order chi connectivity index (χ1) is 9.54. The molecule has 110 valence electrons. The number of amides is 2. The van der Waals surface area contributed by atoms with Gasteiger partial charge < -0.3 is 20.6 Å². The smallest absolute Gasteiger partial charge is 0.319 e. The molecule has 0 saturated carbocycles. The highest BCUT2D eigenvalue weighted by Gasteiger charge is 2.18. The van der Waals surface area contributed by atoms with Crippen molar-refractivity contribution in [3.8, 4) is 0 Å². The third-order valence-electron chi connectivity index (χ3n) is 3.68. The van der Waals surface area contributed by atoms with Gasteiger partial charge in [-0.25, -0.2) is 4.79 Å². The van der Waals surface area contributed by atoms with Gasteiger partial charge in [-0.3, -0.25) is 0 Å². The molecule has 1 aromatic rings. The lowest BCUT2D eigenvalue weighted by Gasteiger charge is -2.29. The number of nitrogens with one attached hydrogen (secondary N) is 2. The summed E-state index contributed by atoms with van der Waals surface area (Å²) < 4.78 is 0. The Bertz CT molecular complexity index is 454. The SMILES string of the molecule is CC(O)c1cccc(NC(=O)NC2CCN(C)CC2)c1. The first kappa shape index (κ1) is 14.8. The summed E-state index contributed by atoms with van der Waals surface area (Å²) in [4.78, 5) is 14.2. The Labute approximate surface area is 120 Å². The Morgan fingerprint density at radius 1 is 1.40 bits per heavy atom. The van der Waals surface area contributed by atoms with Gasteiger partial charge in [-0.15, -0.1) is 0 Å². The van der Waals surface area contributed by atoms with E-state index < -0.39 is 6.10 Å². The molecule has 1 saturated heterocycles. The third kappa shape index (κ3) is 4.21. The van der Waals surface area contributed by atoms with Crippen LogP contribution in [0.25, 0.3) is 0 Å². The Hall–Kier alpha value is -1.59. The summed E-state index contributed by atoms with van der Waals surface area (Å²) in [5, 5.41) is 15.4. The average molecular weight is 277 g/mol. The van der Waals surface area contributed by atoms with Gasteiger partial charge in [0, 0.05) is 11.7 Å². The Morgan fingerprint density at radius 2 is 2.10 bits per heavy atom. The molecule has 3 N–H and O–H groups in total. The summed E-state index contributed by atoms with van der Waals surface area (Å²) in [5.41, 5.74) is 1.50. The predicted octanol–water partition coefficient (Wildman–Crippen LogP) is 1.96. The van der Waals surface area contributed by atoms with Crippen molar-refractivity contribution in [3.63, 3.8) is 0 Å². The zero-order valence-electron chi connectivity index (χ0n) is 12.1. The van der Waals surface area contributed by atoms with Crippen molar-refractivity contribution in [2.75, 3.05) is 25.5 Å². The van der Waals surface area contributed by atoms with Gasteiger partial charge >= 0.3 is 6.03 Å². The molecule has 0 aromatic heterocycles. The van der Waals surface area contributed by atoms with Crippen LogP contribution in [0.4, 0.5) is 10.5 Å². The molecule has 0 bridgehead atoms. The highest BCUT2D eigenvalue weighted by molar-refractivity contribution is 5.89. The fraction of sp³-hybridized carbons (Fsp3) is 0.533. The minimum absolute atomic E-state index is 0.178. The summed E-state index contributed by atoms with van der Waals surface area (Å²) >= 11 is 0. The van der Waals surface area contributed by atoms with Crippen LogP contribution in [0.15, 0.2) is 24.3 Å². The van der Waals surface area contributed by atoms with Crippen molar-refractivity contribution in [2.45, 2.75) is 31.9 Å². The highest BCUT2D eigenvalue weighted by Crippen LogP contribution is 2.17. The Morgan fingerprint density at radius 3 is 2.75 bits per heavy atom. The number of nitrogens with zero attached hydrogens (tertiary/aromatic N) is 1. The molecule has 5 nitrogen and oxygen atoms in total. The molecular formula is C15H23N3O2. The van der Waals surface area contributed by atoms with Crippen LogP contribution in [0.3, 0.4) is 0 Å². The molecule has 1 unspecified atom stereocenters. The van der Waals surface area contributed by atoms with Gasteiger partial charge in [-0.1, -0.05) is 12.1 Å². The van der Waals surface area contributed by atoms with Crippen LogP contribution in [-0.4, -0.2) is 42.2 Å². The molecule has 5 heteroatoms. The van der Waals surface area contributed by atoms with Crippen LogP contribution in [-0.2, 0) is 0 Å². The molecule has 20 heavy (non-hydrogen) atoms. The molecule has 1 heterocycles. The van der Waals surface area contributed by atoms with Crippen molar-refractivity contribution in [1.29, 1.82) is 0 Å². The number of aliphatic hydroxyl groups excluding tert-OH is 1. The van der Waals surface area contributed by atoms with Crippen molar-refractivity contribution < 1.29 is 9.90 Å². The summed E-state index contributed by atoms with van der Waals surface area (Å²) in [6.07, 6.45) is 1.43. The molecule has 2 amide bonds. The summed E-state index contributed by atoms with van der Waals surface area (Å²) in [6.45, 7) is 3.74. The van der Waals surface area contributed by atoms with E-state index in [9.17, 15) is 9.90 Å². The Kier molecular flexibility index (Phi) is 4.98. The van der Waals surface area contributed by atoms with Gasteiger partial charge in [-0.2, -0.15) is 0 Å². The number of urea groups is 1. The van der Waals surface area contributed by atoms with E-state index >= 15 is 0 Å². The molecule has 0 aliphatic carbocycles. The number of aliphatic hydroxyl groups is 1. The molecular weight excluding hydrogens is 254 g/mol. The van der Waals surface area contributed by atoms with Crippen LogP contribution < -0.4 is 10.6 Å². The zero-order chi connectivity index (χ0) is 14.5. The van der Waals surface area contributed by atoms with Gasteiger partial charge in [0.15, 0.2) is 0 Å². The molecule has 1 aliphatic rings. The summed E-state index contributed by atoms with van der Waals surface area (Å²) in [5.74, 6) is 0. The van der Waals surface area contributed by atoms with Crippen LogP contribution >= 0.6 is 0 Å². The van der Waals surface area contributed by atoms with Gasteiger partial charge in [0.05, 0.1) is 6.10 Å². The van der Waals surface area contributed by atoms with E-state index in [-0.39, 0.29) is 12.1 Å². The second-order valence-corrected chi connectivity index (χ2v) is 5.48. The van der Waals surface area contributed by atoms with Crippen LogP contribution in [0.1, 0.15) is 31.4 Å². The summed E-state index contributed by atoms with van der Waals surface area (Å²) in [6, 6.07) is 7.34. The van der Waals surface area contributed by atoms with E-state index in [4.69, 9.17) is 0 Å². The lowest BCUT2D eigenvalue weighted by Crippen LogP contribution is -2.44. The number of piperidine rings is 1. The number of hydrogen-bond donors (Lipinski definition) is 3. The van der Waals surface area contributed by atoms with Crippen molar-refractivity contribution >= 4 is 11.7 Å². The highest BCUT2D eigenvalue weighted by atomic mass is 16.3. The average Bonchev–Trinajstić information content (AvgIpc) is 2.41. The second-order valence-electron chi connectivity index (χ2n) is 5.48. The first-order valence-electron chi connectivity index (χ1n) is 7.08. The minimum atomic E-state index is -0.534. The number of likely N-dealkylation sites (tertiary alicyclic amines) is 1. The lowest BCUT2D eigenvalue weighted by molar-refractivity contribution is 0.199. The number of carbonyl (C=O) groups excluding carboxylic acids is 1. The van der Waals surface area contributed by atoms with Gasteiger partial charge in [-0.05, 0) is 57.6 Å². The number of rotatable bonds is 3. The number of anilines is 1. The van der Waals surface area contributed by atoms with Crippen molar-refractivity contribution in [1.82, 2.24) is 10.2 Å². The largest absolute Gasteiger partial charge is 0.389 e. The molecule has 0 radical (unpaired) electrons. The lowest BCUT2D eigenvalue weighted by atomic mass is 10.1. The van der Waals surface area contributed by atoms with E-state index in [1.807, 2.05) is 18.2 Å². The maximum atomic E-state index is 11.9. The Balaban J connectivity index is 1.86. The van der Waals surface area contributed by atoms with Crippen LogP contribution in [0.5, 0.6) is 0 Å². The normalized spacial score (nSPS) is 18.6. The first-order valence-corrected chi connectivity index (χ1v) is 7.08. The van der Waals surface area contributed by atoms with Crippen molar-refractivity contribution in [3.05, 3.63) is 29.8 Å². The maximum absolute atomic E-state index is 11.9.